The molecule has 0 aliphatic carbocycles. The predicted octanol–water partition coefficient (Wildman–Crippen LogP) is 1.22. The average molecular weight is 616 g/mol. The van der Waals surface area contributed by atoms with Gasteiger partial charge in [-0.2, -0.15) is 0 Å². The van der Waals surface area contributed by atoms with Crippen LogP contribution in [0.15, 0.2) is 10.5 Å². The summed E-state index contributed by atoms with van der Waals surface area (Å²) in [5, 5.41) is 7.92. The highest BCUT2D eigenvalue weighted by Crippen LogP contribution is 2.45. The Morgan fingerprint density at radius 1 is 1.35 bits per heavy atom. The third-order valence-corrected chi connectivity index (χ3v) is 10.4. The van der Waals surface area contributed by atoms with Gasteiger partial charge in [0.15, 0.2) is 10.8 Å². The van der Waals surface area contributed by atoms with Crippen molar-refractivity contribution in [1.29, 1.82) is 0 Å². The summed E-state index contributed by atoms with van der Waals surface area (Å²) in [6.07, 6.45) is 1.86. The maximum atomic E-state index is 13.4. The number of anilines is 1. The molecule has 0 radical (unpaired) electrons. The minimum absolute atomic E-state index is 0.00786. The van der Waals surface area contributed by atoms with Crippen molar-refractivity contribution in [2.45, 2.75) is 55.9 Å². The molecule has 0 bridgehead atoms. The number of amides is 2. The van der Waals surface area contributed by atoms with E-state index in [2.05, 4.69) is 15.5 Å². The lowest BCUT2D eigenvalue weighted by atomic mass is 9.98. The first-order chi connectivity index (χ1) is 18.9. The number of oxime groups is 1. The van der Waals surface area contributed by atoms with E-state index in [-0.39, 0.29) is 40.5 Å². The third kappa shape index (κ3) is 6.66. The van der Waals surface area contributed by atoms with Gasteiger partial charge in [0.05, 0.1) is 11.5 Å². The Hall–Kier alpha value is -2.56. The summed E-state index contributed by atoms with van der Waals surface area (Å²) >= 11 is 3.90. The van der Waals surface area contributed by atoms with Crippen LogP contribution < -0.4 is 11.1 Å². The Labute approximate surface area is 244 Å². The molecule has 4 rings (SSSR count). The zero-order valence-electron chi connectivity index (χ0n) is 22.7. The Bertz CT molecular complexity index is 1170. The maximum Gasteiger partial charge on any atom is 0.327 e. The third-order valence-electron chi connectivity index (χ3n) is 6.44. The number of rotatable bonds is 10. The molecule has 3 aliphatic heterocycles. The second kappa shape index (κ2) is 12.5. The fourth-order valence-electron chi connectivity index (χ4n) is 4.24. The van der Waals surface area contributed by atoms with E-state index >= 15 is 0 Å². The van der Waals surface area contributed by atoms with Gasteiger partial charge in [-0.25, -0.2) is 4.98 Å². The summed E-state index contributed by atoms with van der Waals surface area (Å²) in [5.41, 5.74) is 5.08. The molecule has 3 N–H and O–H groups in total. The fourth-order valence-corrected chi connectivity index (χ4v) is 7.88. The van der Waals surface area contributed by atoms with E-state index < -0.39 is 40.8 Å². The number of esters is 2. The van der Waals surface area contributed by atoms with Crippen molar-refractivity contribution in [3.63, 3.8) is 0 Å². The van der Waals surface area contributed by atoms with Crippen LogP contribution >= 0.6 is 34.9 Å². The van der Waals surface area contributed by atoms with Crippen molar-refractivity contribution < 1.29 is 38.2 Å². The van der Waals surface area contributed by atoms with Gasteiger partial charge in [0.2, 0.25) is 12.7 Å². The van der Waals surface area contributed by atoms with Crippen molar-refractivity contribution in [3.05, 3.63) is 11.1 Å². The van der Waals surface area contributed by atoms with Crippen LogP contribution in [-0.4, -0.2) is 100 Å². The van der Waals surface area contributed by atoms with Gasteiger partial charge in [-0.3, -0.25) is 19.2 Å². The molecule has 1 aromatic rings. The average Bonchev–Trinajstić information content (AvgIpc) is 3.60. The number of nitrogens with one attached hydrogen (secondary N) is 1. The summed E-state index contributed by atoms with van der Waals surface area (Å²) in [6.45, 7) is 5.36. The number of nitrogens with zero attached hydrogens (tertiary/aromatic N) is 3. The molecular weight excluding hydrogens is 582 g/mol. The first-order valence-corrected chi connectivity index (χ1v) is 15.5. The quantitative estimate of drug-likeness (QED) is 0.127. The number of thiazole rings is 1. The Kier molecular flexibility index (Phi) is 9.52. The van der Waals surface area contributed by atoms with Crippen molar-refractivity contribution in [2.75, 3.05) is 44.3 Å². The number of aromatic nitrogens is 1. The van der Waals surface area contributed by atoms with E-state index in [1.54, 1.807) is 31.1 Å². The number of hydrogen-bond acceptors (Lipinski definition) is 14. The first-order valence-electron chi connectivity index (χ1n) is 12.6. The van der Waals surface area contributed by atoms with Crippen molar-refractivity contribution in [3.8, 4) is 0 Å². The summed E-state index contributed by atoms with van der Waals surface area (Å²) in [6, 6.07) is -0.819. The highest BCUT2D eigenvalue weighted by atomic mass is 32.2. The normalized spacial score (nSPS) is 26.5. The number of hydrogen-bond donors (Lipinski definition) is 2. The van der Waals surface area contributed by atoms with Gasteiger partial charge >= 0.3 is 11.9 Å². The van der Waals surface area contributed by atoms with Crippen molar-refractivity contribution in [2.24, 2.45) is 10.6 Å². The zero-order chi connectivity index (χ0) is 29.1. The Morgan fingerprint density at radius 2 is 2.12 bits per heavy atom. The van der Waals surface area contributed by atoms with Crippen LogP contribution in [0.3, 0.4) is 0 Å². The molecule has 13 nitrogen and oxygen atoms in total. The minimum atomic E-state index is -1.09. The largest absolute Gasteiger partial charge is 0.427 e. The molecular formula is C24H33N5O8S3. The van der Waals surface area contributed by atoms with Gasteiger partial charge in [0.1, 0.15) is 29.0 Å². The first kappa shape index (κ1) is 30.4. The van der Waals surface area contributed by atoms with E-state index in [9.17, 15) is 19.2 Å². The number of nitrogen functional groups attached to an aromatic ring is 1. The second-order valence-electron chi connectivity index (χ2n) is 10.5. The van der Waals surface area contributed by atoms with Gasteiger partial charge in [0.25, 0.3) is 5.91 Å². The monoisotopic (exact) mass is 615 g/mol. The lowest BCUT2D eigenvalue weighted by molar-refractivity contribution is -0.175. The van der Waals surface area contributed by atoms with E-state index in [4.69, 9.17) is 24.8 Å². The maximum absolute atomic E-state index is 13.4. The van der Waals surface area contributed by atoms with Crippen molar-refractivity contribution >= 4 is 69.5 Å². The molecule has 3 fully saturated rings. The minimum Gasteiger partial charge on any atom is -0.427 e. The molecule has 3 saturated heterocycles. The van der Waals surface area contributed by atoms with Crippen LogP contribution in [0.2, 0.25) is 0 Å². The second-order valence-corrected chi connectivity index (χ2v) is 13.9. The Morgan fingerprint density at radius 3 is 2.75 bits per heavy atom. The molecule has 4 heterocycles. The highest BCUT2D eigenvalue weighted by molar-refractivity contribution is 8.05. The van der Waals surface area contributed by atoms with Gasteiger partial charge in [0, 0.05) is 30.0 Å². The van der Waals surface area contributed by atoms with Crippen molar-refractivity contribution in [1.82, 2.24) is 15.2 Å². The zero-order valence-corrected chi connectivity index (χ0v) is 25.1. The molecule has 220 valence electrons. The van der Waals surface area contributed by atoms with Crippen LogP contribution in [0.5, 0.6) is 0 Å². The summed E-state index contributed by atoms with van der Waals surface area (Å²) in [4.78, 5) is 62.1. The molecule has 2 amide bonds. The van der Waals surface area contributed by atoms with E-state index in [0.717, 1.165) is 24.2 Å². The van der Waals surface area contributed by atoms with Gasteiger partial charge < -0.3 is 35.0 Å². The molecule has 16 heteroatoms. The molecule has 4 atom stereocenters. The van der Waals surface area contributed by atoms with Crippen LogP contribution in [0.1, 0.15) is 39.3 Å². The predicted molar refractivity (Wildman–Crippen MR) is 151 cm³/mol. The Balaban J connectivity index is 1.42. The topological polar surface area (TPSA) is 172 Å². The SMILES string of the molecule is CON=C(C(=O)NC1C(=O)N2CC(SCC3CCCO3)(C(=O)OCOC(=O)C(C)(C)C)CS[C@H]12)c1csc(N)n1. The van der Waals surface area contributed by atoms with Gasteiger partial charge in [-0.15, -0.1) is 34.9 Å². The number of thioether (sulfide) groups is 2. The smallest absolute Gasteiger partial charge is 0.327 e. The van der Waals surface area contributed by atoms with Gasteiger partial charge in [-0.1, -0.05) is 5.16 Å². The van der Waals surface area contributed by atoms with E-state index in [1.807, 2.05) is 0 Å². The molecule has 1 aromatic heterocycles. The fraction of sp³-hybridized carbons (Fsp3) is 0.667. The van der Waals surface area contributed by atoms with E-state index in [1.165, 1.54) is 30.6 Å². The number of nitrogens with two attached hydrogens (primary N) is 1. The molecule has 0 spiro atoms. The van der Waals surface area contributed by atoms with E-state index in [0.29, 0.717) is 18.1 Å². The summed E-state index contributed by atoms with van der Waals surface area (Å²) < 4.78 is 15.2. The van der Waals surface area contributed by atoms with Gasteiger partial charge in [-0.05, 0) is 33.6 Å². The molecule has 0 aromatic carbocycles. The highest BCUT2D eigenvalue weighted by Gasteiger charge is 2.58. The van der Waals surface area contributed by atoms with Crippen LogP contribution in [0, 0.1) is 5.41 Å². The summed E-state index contributed by atoms with van der Waals surface area (Å²) in [7, 11) is 1.30. The number of fused-ring (bicyclic) bond motifs is 1. The standard InChI is InChI=1S/C24H33N5O8S3/c1-23(2,3)20(32)36-12-37-21(33)24(40-8-13-6-5-7-35-13)10-29-18(31)16(19(29)39-11-24)27-17(30)15(28-34-4)14-9-38-22(25)26-14/h9,13,16,19H,5-8,10-12H2,1-4H3,(H2,25,26)(H,27,30)/t13?,16?,19-,24?/m1/s1. The van der Waals surface area contributed by atoms with Crippen LogP contribution in [0.25, 0.3) is 0 Å². The molecule has 3 aliphatic rings. The molecule has 40 heavy (non-hydrogen) atoms. The molecule has 3 unspecified atom stereocenters. The lowest BCUT2D eigenvalue weighted by Crippen LogP contribution is -2.75. The molecule has 0 saturated carbocycles. The number of ether oxygens (including phenoxy) is 3. The van der Waals surface area contributed by atoms with Crippen LogP contribution in [0.4, 0.5) is 5.13 Å². The number of carbonyl (C=O) groups excluding carboxylic acids is 4. The lowest BCUT2D eigenvalue weighted by Gasteiger charge is -2.53. The number of carbonyl (C=O) groups is 4. The summed E-state index contributed by atoms with van der Waals surface area (Å²) in [5.74, 6) is -1.16. The van der Waals surface area contributed by atoms with Crippen LogP contribution in [-0.2, 0) is 38.2 Å². The number of β-lactam (4-membered cyclic amide) rings is 1.